The van der Waals surface area contributed by atoms with Crippen LogP contribution in [-0.4, -0.2) is 4.98 Å². The summed E-state index contributed by atoms with van der Waals surface area (Å²) in [5.74, 6) is 0. The van der Waals surface area contributed by atoms with E-state index in [0.717, 1.165) is 55.0 Å². The Hall–Kier alpha value is -6.55. The minimum Gasteiger partial charge on any atom is -0.456 e. The molecular formula is C49H29NOS. The maximum atomic E-state index is 6.56. The van der Waals surface area contributed by atoms with Crippen LogP contribution in [0.4, 0.5) is 0 Å². The second-order valence-electron chi connectivity index (χ2n) is 13.5. The van der Waals surface area contributed by atoms with Crippen molar-refractivity contribution in [3.8, 4) is 44.6 Å². The van der Waals surface area contributed by atoms with Crippen LogP contribution in [0.5, 0.6) is 0 Å². The number of furan rings is 1. The Morgan fingerprint density at radius 1 is 0.365 bits per heavy atom. The topological polar surface area (TPSA) is 26.0 Å². The number of benzene rings is 8. The van der Waals surface area contributed by atoms with Crippen molar-refractivity contribution in [2.45, 2.75) is 0 Å². The quantitative estimate of drug-likeness (QED) is 0.173. The van der Waals surface area contributed by atoms with Gasteiger partial charge in [-0.2, -0.15) is 0 Å². The Kier molecular flexibility index (Phi) is 6.46. The van der Waals surface area contributed by atoms with Crippen LogP contribution in [0, 0.1) is 0 Å². The molecule has 0 aliphatic carbocycles. The van der Waals surface area contributed by atoms with E-state index in [1.54, 1.807) is 0 Å². The lowest BCUT2D eigenvalue weighted by molar-refractivity contribution is 0.669. The van der Waals surface area contributed by atoms with E-state index in [9.17, 15) is 0 Å². The Morgan fingerprint density at radius 3 is 1.87 bits per heavy atom. The van der Waals surface area contributed by atoms with Crippen molar-refractivity contribution in [3.05, 3.63) is 176 Å². The number of fused-ring (bicyclic) bond motifs is 9. The van der Waals surface area contributed by atoms with Crippen LogP contribution in [-0.2, 0) is 0 Å². The summed E-state index contributed by atoms with van der Waals surface area (Å²) < 4.78 is 9.21. The summed E-state index contributed by atoms with van der Waals surface area (Å²) in [6, 6.07) is 63.1. The molecule has 11 rings (SSSR count). The third-order valence-corrected chi connectivity index (χ3v) is 11.6. The third kappa shape index (κ3) is 4.53. The maximum absolute atomic E-state index is 6.56. The normalized spacial score (nSPS) is 11.8. The van der Waals surface area contributed by atoms with Crippen molar-refractivity contribution in [2.24, 2.45) is 0 Å². The Morgan fingerprint density at radius 2 is 1.00 bits per heavy atom. The number of nitrogens with zero attached hydrogens (tertiary/aromatic N) is 1. The highest BCUT2D eigenvalue weighted by molar-refractivity contribution is 7.25. The molecule has 3 heterocycles. The average molecular weight is 680 g/mol. The van der Waals surface area contributed by atoms with E-state index < -0.39 is 0 Å². The molecule has 3 heteroatoms. The van der Waals surface area contributed by atoms with Crippen LogP contribution >= 0.6 is 11.3 Å². The Bertz CT molecular complexity index is 3170. The van der Waals surface area contributed by atoms with Gasteiger partial charge in [0.15, 0.2) is 0 Å². The molecule has 0 N–H and O–H groups in total. The molecule has 242 valence electrons. The number of aromatic nitrogens is 1. The maximum Gasteiger partial charge on any atom is 0.136 e. The van der Waals surface area contributed by atoms with E-state index in [-0.39, 0.29) is 0 Å². The van der Waals surface area contributed by atoms with Gasteiger partial charge in [-0.15, -0.1) is 11.3 Å². The van der Waals surface area contributed by atoms with E-state index in [1.807, 2.05) is 17.4 Å². The summed E-state index contributed by atoms with van der Waals surface area (Å²) in [6.45, 7) is 0. The lowest BCUT2D eigenvalue weighted by atomic mass is 9.89. The van der Waals surface area contributed by atoms with Crippen molar-refractivity contribution >= 4 is 75.1 Å². The largest absolute Gasteiger partial charge is 0.456 e. The van der Waals surface area contributed by atoms with Gasteiger partial charge in [-0.05, 0) is 64.2 Å². The second-order valence-corrected chi connectivity index (χ2v) is 14.5. The SMILES string of the molecule is c1ccc(-c2c3c(cc4c(-c5ccc(-c6cccc(-c7ccc8c(c7)sc7ccccc78)c6)cc5)nc5ccccc5c24)oc2ccccc23)cc1. The predicted octanol–water partition coefficient (Wildman–Crippen LogP) is 14.3. The van der Waals surface area contributed by atoms with E-state index in [0.29, 0.717) is 0 Å². The fourth-order valence-corrected chi connectivity index (χ4v) is 9.18. The van der Waals surface area contributed by atoms with Crippen molar-refractivity contribution in [1.29, 1.82) is 0 Å². The van der Waals surface area contributed by atoms with Crippen molar-refractivity contribution in [2.75, 3.05) is 0 Å². The lowest BCUT2D eigenvalue weighted by Crippen LogP contribution is -1.93. The van der Waals surface area contributed by atoms with Crippen LogP contribution in [0.25, 0.3) is 108 Å². The number of pyridine rings is 1. The first kappa shape index (κ1) is 29.2. The molecule has 52 heavy (non-hydrogen) atoms. The molecule has 11 aromatic rings. The van der Waals surface area contributed by atoms with Crippen LogP contribution in [0.15, 0.2) is 180 Å². The Labute approximate surface area is 303 Å². The van der Waals surface area contributed by atoms with E-state index in [2.05, 4.69) is 170 Å². The van der Waals surface area contributed by atoms with Gasteiger partial charge >= 0.3 is 0 Å². The minimum absolute atomic E-state index is 0.869. The molecule has 0 radical (unpaired) electrons. The molecule has 0 fully saturated rings. The zero-order valence-corrected chi connectivity index (χ0v) is 28.8. The summed E-state index contributed by atoms with van der Waals surface area (Å²) in [5, 5.41) is 8.32. The van der Waals surface area contributed by atoms with Gasteiger partial charge in [0, 0.05) is 58.2 Å². The molecule has 0 unspecified atom stereocenters. The van der Waals surface area contributed by atoms with Crippen LogP contribution in [0.1, 0.15) is 0 Å². The minimum atomic E-state index is 0.869. The van der Waals surface area contributed by atoms with Gasteiger partial charge < -0.3 is 4.42 Å². The van der Waals surface area contributed by atoms with Crippen molar-refractivity contribution in [3.63, 3.8) is 0 Å². The first-order chi connectivity index (χ1) is 25.8. The standard InChI is InChI=1S/C49H29NOS/c1-2-11-31(12-3-1)46-47-38-16-4-7-18-41(38)50-49(40(47)29-43-48(46)39-17-5-8-19-42(39)51-43)32-23-21-30(22-24-32)33-13-10-14-34(27-33)35-25-26-37-36-15-6-9-20-44(36)52-45(37)28-35/h1-29H. The molecule has 0 saturated carbocycles. The van der Waals surface area contributed by atoms with E-state index in [4.69, 9.17) is 9.40 Å². The molecule has 0 aliphatic heterocycles. The molecule has 0 atom stereocenters. The first-order valence-electron chi connectivity index (χ1n) is 17.6. The van der Waals surface area contributed by atoms with Gasteiger partial charge in [0.2, 0.25) is 0 Å². The Balaban J connectivity index is 1.07. The molecule has 0 saturated heterocycles. The highest BCUT2D eigenvalue weighted by atomic mass is 32.1. The molecule has 2 nitrogen and oxygen atoms in total. The van der Waals surface area contributed by atoms with Gasteiger partial charge in [-0.3, -0.25) is 0 Å². The number of rotatable bonds is 4. The van der Waals surface area contributed by atoms with Crippen LogP contribution in [0.2, 0.25) is 0 Å². The van der Waals surface area contributed by atoms with Gasteiger partial charge in [-0.25, -0.2) is 4.98 Å². The molecule has 0 spiro atoms. The summed E-state index contributed by atoms with van der Waals surface area (Å²) in [6.07, 6.45) is 0. The van der Waals surface area contributed by atoms with Gasteiger partial charge in [-0.1, -0.05) is 140 Å². The summed E-state index contributed by atoms with van der Waals surface area (Å²) in [4.78, 5) is 5.33. The molecule has 0 amide bonds. The van der Waals surface area contributed by atoms with Gasteiger partial charge in [0.25, 0.3) is 0 Å². The molecule has 3 aromatic heterocycles. The molecular weight excluding hydrogens is 651 g/mol. The predicted molar refractivity (Wildman–Crippen MR) is 221 cm³/mol. The summed E-state index contributed by atoms with van der Waals surface area (Å²) in [7, 11) is 0. The third-order valence-electron chi connectivity index (χ3n) is 10.5. The molecule has 0 aliphatic rings. The number of hydrogen-bond acceptors (Lipinski definition) is 3. The van der Waals surface area contributed by atoms with Crippen molar-refractivity contribution in [1.82, 2.24) is 4.98 Å². The highest BCUT2D eigenvalue weighted by Gasteiger charge is 2.21. The van der Waals surface area contributed by atoms with E-state index in [1.165, 1.54) is 53.4 Å². The summed E-state index contributed by atoms with van der Waals surface area (Å²) >= 11 is 1.86. The smallest absolute Gasteiger partial charge is 0.136 e. The monoisotopic (exact) mass is 679 g/mol. The van der Waals surface area contributed by atoms with Gasteiger partial charge in [0.1, 0.15) is 11.2 Å². The fourth-order valence-electron chi connectivity index (χ4n) is 8.03. The van der Waals surface area contributed by atoms with E-state index >= 15 is 0 Å². The lowest BCUT2D eigenvalue weighted by Gasteiger charge is -2.16. The number of para-hydroxylation sites is 2. The zero-order valence-electron chi connectivity index (χ0n) is 28.0. The number of thiophene rings is 1. The zero-order chi connectivity index (χ0) is 34.2. The molecule has 8 aromatic carbocycles. The van der Waals surface area contributed by atoms with Gasteiger partial charge in [0.05, 0.1) is 11.2 Å². The second kappa shape index (κ2) is 11.5. The van der Waals surface area contributed by atoms with Crippen LogP contribution < -0.4 is 0 Å². The van der Waals surface area contributed by atoms with Crippen molar-refractivity contribution < 1.29 is 4.42 Å². The number of hydrogen-bond donors (Lipinski definition) is 0. The molecule has 0 bridgehead atoms. The average Bonchev–Trinajstić information content (AvgIpc) is 3.78. The summed E-state index contributed by atoms with van der Waals surface area (Å²) in [5.41, 5.74) is 11.9. The van der Waals surface area contributed by atoms with Crippen LogP contribution in [0.3, 0.4) is 0 Å². The highest BCUT2D eigenvalue weighted by Crippen LogP contribution is 2.46. The fraction of sp³-hybridized carbons (Fsp3) is 0. The first-order valence-corrected chi connectivity index (χ1v) is 18.4.